The zero-order valence-electron chi connectivity index (χ0n) is 10.9. The Morgan fingerprint density at radius 2 is 2.26 bits per heavy atom. The van der Waals surface area contributed by atoms with Gasteiger partial charge in [0.05, 0.1) is 22.8 Å². The van der Waals surface area contributed by atoms with Crippen molar-refractivity contribution in [2.24, 2.45) is 7.05 Å². The van der Waals surface area contributed by atoms with Crippen molar-refractivity contribution in [1.29, 1.82) is 0 Å². The summed E-state index contributed by atoms with van der Waals surface area (Å²) in [7, 11) is 1.84. The minimum atomic E-state index is -0.132. The Hall–Kier alpha value is -2.03. The molecule has 0 fully saturated rings. The van der Waals surface area contributed by atoms with Crippen LogP contribution in [0.3, 0.4) is 0 Å². The van der Waals surface area contributed by atoms with Gasteiger partial charge in [0.1, 0.15) is 0 Å². The van der Waals surface area contributed by atoms with Crippen LogP contribution in [-0.4, -0.2) is 36.6 Å². The molecule has 2 aromatic rings. The fraction of sp³-hybridized carbons (Fsp3) is 0.400. The predicted molar refractivity (Wildman–Crippen MR) is 72.8 cm³/mol. The molecule has 0 saturated carbocycles. The maximum Gasteiger partial charge on any atom is 0.234 e. The van der Waals surface area contributed by atoms with Crippen molar-refractivity contribution in [2.75, 3.05) is 16.8 Å². The van der Waals surface area contributed by atoms with Gasteiger partial charge in [-0.25, -0.2) is 5.10 Å². The Balaban J connectivity index is 1.94. The molecule has 0 spiro atoms. The highest BCUT2D eigenvalue weighted by molar-refractivity contribution is 7.99. The highest BCUT2D eigenvalue weighted by Gasteiger charge is 2.13. The molecule has 2 rings (SSSR count). The van der Waals surface area contributed by atoms with E-state index in [0.717, 1.165) is 17.1 Å². The van der Waals surface area contributed by atoms with Gasteiger partial charge < -0.3 is 11.1 Å². The normalized spacial score (nSPS) is 10.7. The number of aryl methyl sites for hydroxylation is 2. The Bertz CT molecular complexity index is 603. The number of hydrogen-bond donors (Lipinski definition) is 3. The standard InChI is InChI=1S/C10H15N7OS/c1-5-8(6(2)17(3)16-5)12-7(18)4-19-10-13-9(11)14-15-10/h4H2,1-3H3,(H,12,18)(H3,11,13,14,15). The Kier molecular flexibility index (Phi) is 3.74. The number of carbonyl (C=O) groups is 1. The van der Waals surface area contributed by atoms with Crippen LogP contribution in [0.15, 0.2) is 5.16 Å². The minimum absolute atomic E-state index is 0.132. The van der Waals surface area contributed by atoms with Gasteiger partial charge in [0.2, 0.25) is 17.0 Å². The number of amides is 1. The molecule has 1 amide bonds. The second kappa shape index (κ2) is 5.31. The second-order valence-electron chi connectivity index (χ2n) is 4.01. The summed E-state index contributed by atoms with van der Waals surface area (Å²) in [6.07, 6.45) is 0. The van der Waals surface area contributed by atoms with Crippen molar-refractivity contribution in [3.05, 3.63) is 11.4 Å². The Labute approximate surface area is 114 Å². The number of nitrogens with zero attached hydrogens (tertiary/aromatic N) is 4. The van der Waals surface area contributed by atoms with E-state index in [2.05, 4.69) is 25.6 Å². The first-order valence-corrected chi connectivity index (χ1v) is 6.56. The lowest BCUT2D eigenvalue weighted by atomic mass is 10.3. The second-order valence-corrected chi connectivity index (χ2v) is 4.95. The van der Waals surface area contributed by atoms with Crippen LogP contribution in [-0.2, 0) is 11.8 Å². The average Bonchev–Trinajstić information content (AvgIpc) is 2.86. The summed E-state index contributed by atoms with van der Waals surface area (Å²) in [6.45, 7) is 3.75. The van der Waals surface area contributed by atoms with E-state index in [0.29, 0.717) is 5.16 Å². The van der Waals surface area contributed by atoms with E-state index in [9.17, 15) is 4.79 Å². The molecule has 0 saturated heterocycles. The van der Waals surface area contributed by atoms with Gasteiger partial charge in [-0.3, -0.25) is 9.48 Å². The van der Waals surface area contributed by atoms with Crippen molar-refractivity contribution in [1.82, 2.24) is 25.0 Å². The molecule has 0 aliphatic heterocycles. The summed E-state index contributed by atoms with van der Waals surface area (Å²) in [5.74, 6) is 0.319. The molecule has 0 bridgehead atoms. The van der Waals surface area contributed by atoms with E-state index < -0.39 is 0 Å². The Morgan fingerprint density at radius 3 is 2.79 bits per heavy atom. The van der Waals surface area contributed by atoms with Crippen molar-refractivity contribution in [3.63, 3.8) is 0 Å². The van der Waals surface area contributed by atoms with E-state index in [1.54, 1.807) is 4.68 Å². The minimum Gasteiger partial charge on any atom is -0.368 e. The number of thioether (sulfide) groups is 1. The Morgan fingerprint density at radius 1 is 1.53 bits per heavy atom. The first kappa shape index (κ1) is 13.4. The molecule has 0 aliphatic rings. The number of nitrogens with two attached hydrogens (primary N) is 1. The molecule has 0 radical (unpaired) electrons. The van der Waals surface area contributed by atoms with Crippen LogP contribution in [0.4, 0.5) is 11.6 Å². The predicted octanol–water partition coefficient (Wildman–Crippen LogP) is 0.468. The SMILES string of the molecule is Cc1nn(C)c(C)c1NC(=O)CSc1n[nH]c(N)n1. The maximum absolute atomic E-state index is 11.8. The lowest BCUT2D eigenvalue weighted by molar-refractivity contribution is -0.113. The van der Waals surface area contributed by atoms with Gasteiger partial charge >= 0.3 is 0 Å². The highest BCUT2D eigenvalue weighted by Crippen LogP contribution is 2.19. The molecule has 2 heterocycles. The van der Waals surface area contributed by atoms with E-state index in [-0.39, 0.29) is 17.6 Å². The first-order valence-electron chi connectivity index (χ1n) is 5.58. The lowest BCUT2D eigenvalue weighted by Crippen LogP contribution is -2.15. The quantitative estimate of drug-likeness (QED) is 0.702. The molecule has 0 aromatic carbocycles. The van der Waals surface area contributed by atoms with Crippen LogP contribution in [0.1, 0.15) is 11.4 Å². The van der Waals surface area contributed by atoms with E-state index in [1.165, 1.54) is 11.8 Å². The molecule has 2 aromatic heterocycles. The fourth-order valence-electron chi connectivity index (χ4n) is 1.58. The maximum atomic E-state index is 11.8. The van der Waals surface area contributed by atoms with Gasteiger partial charge in [0.25, 0.3) is 0 Å². The number of aromatic amines is 1. The molecular formula is C10H15N7OS. The molecule has 9 heteroatoms. The van der Waals surface area contributed by atoms with Gasteiger partial charge in [-0.05, 0) is 13.8 Å². The van der Waals surface area contributed by atoms with Crippen LogP contribution in [0.5, 0.6) is 0 Å². The van der Waals surface area contributed by atoms with Gasteiger partial charge in [0, 0.05) is 7.05 Å². The number of nitrogens with one attached hydrogen (secondary N) is 2. The monoisotopic (exact) mass is 281 g/mol. The van der Waals surface area contributed by atoms with Crippen LogP contribution >= 0.6 is 11.8 Å². The summed E-state index contributed by atoms with van der Waals surface area (Å²) in [6, 6.07) is 0. The third-order valence-corrected chi connectivity index (χ3v) is 3.44. The number of H-pyrrole nitrogens is 1. The third-order valence-electron chi connectivity index (χ3n) is 2.59. The summed E-state index contributed by atoms with van der Waals surface area (Å²) >= 11 is 1.21. The third kappa shape index (κ3) is 3.05. The number of nitrogen functional groups attached to an aromatic ring is 1. The summed E-state index contributed by atoms with van der Waals surface area (Å²) in [5, 5.41) is 13.9. The molecule has 19 heavy (non-hydrogen) atoms. The van der Waals surface area contributed by atoms with Crippen LogP contribution in [0.25, 0.3) is 0 Å². The van der Waals surface area contributed by atoms with Crippen molar-refractivity contribution in [3.8, 4) is 0 Å². The summed E-state index contributed by atoms with van der Waals surface area (Å²) in [4.78, 5) is 15.7. The van der Waals surface area contributed by atoms with Crippen LogP contribution in [0, 0.1) is 13.8 Å². The average molecular weight is 281 g/mol. The number of carbonyl (C=O) groups excluding carboxylic acids is 1. The zero-order chi connectivity index (χ0) is 14.0. The molecule has 0 unspecified atom stereocenters. The van der Waals surface area contributed by atoms with Gasteiger partial charge in [-0.15, -0.1) is 5.10 Å². The topological polar surface area (TPSA) is 115 Å². The number of hydrogen-bond acceptors (Lipinski definition) is 6. The summed E-state index contributed by atoms with van der Waals surface area (Å²) < 4.78 is 1.73. The van der Waals surface area contributed by atoms with Crippen molar-refractivity contribution >= 4 is 29.3 Å². The van der Waals surface area contributed by atoms with E-state index in [1.807, 2.05) is 20.9 Å². The van der Waals surface area contributed by atoms with Crippen molar-refractivity contribution in [2.45, 2.75) is 19.0 Å². The smallest absolute Gasteiger partial charge is 0.234 e. The molecule has 4 N–H and O–H groups in total. The highest BCUT2D eigenvalue weighted by atomic mass is 32.2. The van der Waals surface area contributed by atoms with Crippen molar-refractivity contribution < 1.29 is 4.79 Å². The van der Waals surface area contributed by atoms with Crippen LogP contribution < -0.4 is 11.1 Å². The number of rotatable bonds is 4. The molecule has 8 nitrogen and oxygen atoms in total. The van der Waals surface area contributed by atoms with Gasteiger partial charge in [-0.1, -0.05) is 11.8 Å². The molecular weight excluding hydrogens is 266 g/mol. The number of aromatic nitrogens is 5. The summed E-state index contributed by atoms with van der Waals surface area (Å²) in [5.41, 5.74) is 7.86. The fourth-order valence-corrected chi connectivity index (χ4v) is 2.19. The van der Waals surface area contributed by atoms with E-state index in [4.69, 9.17) is 5.73 Å². The zero-order valence-corrected chi connectivity index (χ0v) is 11.7. The van der Waals surface area contributed by atoms with Gasteiger partial charge in [0.15, 0.2) is 0 Å². The van der Waals surface area contributed by atoms with Crippen LogP contribution in [0.2, 0.25) is 0 Å². The van der Waals surface area contributed by atoms with Gasteiger partial charge in [-0.2, -0.15) is 10.1 Å². The number of anilines is 2. The molecule has 0 atom stereocenters. The first-order chi connectivity index (χ1) is 8.97. The lowest BCUT2D eigenvalue weighted by Gasteiger charge is -2.04. The largest absolute Gasteiger partial charge is 0.368 e. The molecule has 102 valence electrons. The molecule has 0 aliphatic carbocycles. The van der Waals surface area contributed by atoms with E-state index >= 15 is 0 Å².